The molecule has 6 nitrogen and oxygen atoms in total. The van der Waals surface area contributed by atoms with Crippen LogP contribution in [0.4, 0.5) is 15.8 Å². The molecule has 0 fully saturated rings. The van der Waals surface area contributed by atoms with Gasteiger partial charge in [-0.1, -0.05) is 12.1 Å². The van der Waals surface area contributed by atoms with Crippen molar-refractivity contribution in [2.24, 2.45) is 0 Å². The fourth-order valence-corrected chi connectivity index (χ4v) is 2.56. The van der Waals surface area contributed by atoms with Gasteiger partial charge >= 0.3 is 0 Å². The van der Waals surface area contributed by atoms with E-state index in [1.807, 2.05) is 0 Å². The molecule has 0 aliphatic carbocycles. The Kier molecular flexibility index (Phi) is 6.06. The standard InChI is InChI=1S/C21H20FN3O3/c1-27-18-7-8-19(20(10-18)28-2)25-21(26)15-9-17(13-23-12-15)24-11-14-3-5-16(22)6-4-14/h3-10,12-13,24H,11H2,1-2H3,(H,25,26). The summed E-state index contributed by atoms with van der Waals surface area (Å²) in [6, 6.07) is 13.0. The third-order valence-corrected chi connectivity index (χ3v) is 4.07. The fraction of sp³-hybridized carbons (Fsp3) is 0.143. The first-order chi connectivity index (χ1) is 13.6. The van der Waals surface area contributed by atoms with Gasteiger partial charge in [-0.15, -0.1) is 0 Å². The quantitative estimate of drug-likeness (QED) is 0.645. The van der Waals surface area contributed by atoms with Crippen molar-refractivity contribution in [3.63, 3.8) is 0 Å². The first kappa shape index (κ1) is 19.2. The van der Waals surface area contributed by atoms with Crippen molar-refractivity contribution >= 4 is 17.3 Å². The molecule has 0 radical (unpaired) electrons. The normalized spacial score (nSPS) is 10.2. The van der Waals surface area contributed by atoms with E-state index in [0.29, 0.717) is 35.0 Å². The summed E-state index contributed by atoms with van der Waals surface area (Å²) >= 11 is 0. The van der Waals surface area contributed by atoms with Gasteiger partial charge in [0, 0.05) is 25.0 Å². The van der Waals surface area contributed by atoms with Gasteiger partial charge in [-0.25, -0.2) is 4.39 Å². The van der Waals surface area contributed by atoms with Crippen LogP contribution in [0.2, 0.25) is 0 Å². The second kappa shape index (κ2) is 8.85. The van der Waals surface area contributed by atoms with Crippen molar-refractivity contribution in [2.75, 3.05) is 24.9 Å². The van der Waals surface area contributed by atoms with Gasteiger partial charge in [0.2, 0.25) is 0 Å². The lowest BCUT2D eigenvalue weighted by Gasteiger charge is -2.12. The SMILES string of the molecule is COc1ccc(NC(=O)c2cncc(NCc3ccc(F)cc3)c2)c(OC)c1. The summed E-state index contributed by atoms with van der Waals surface area (Å²) in [6.07, 6.45) is 3.10. The number of ether oxygens (including phenoxy) is 2. The molecule has 0 atom stereocenters. The zero-order chi connectivity index (χ0) is 19.9. The van der Waals surface area contributed by atoms with Gasteiger partial charge in [-0.2, -0.15) is 0 Å². The number of pyridine rings is 1. The van der Waals surface area contributed by atoms with Gasteiger partial charge in [0.25, 0.3) is 5.91 Å². The van der Waals surface area contributed by atoms with Gasteiger partial charge in [-0.05, 0) is 35.9 Å². The topological polar surface area (TPSA) is 72.5 Å². The molecule has 7 heteroatoms. The molecule has 3 aromatic rings. The highest BCUT2D eigenvalue weighted by Crippen LogP contribution is 2.29. The molecule has 0 saturated heterocycles. The molecule has 1 amide bonds. The van der Waals surface area contributed by atoms with Gasteiger partial charge < -0.3 is 20.1 Å². The van der Waals surface area contributed by atoms with E-state index in [4.69, 9.17) is 9.47 Å². The summed E-state index contributed by atoms with van der Waals surface area (Å²) in [5.41, 5.74) is 2.51. The number of carbonyl (C=O) groups excluding carboxylic acids is 1. The van der Waals surface area contributed by atoms with Crippen LogP contribution < -0.4 is 20.1 Å². The van der Waals surface area contributed by atoms with Crippen LogP contribution in [-0.4, -0.2) is 25.1 Å². The Bertz CT molecular complexity index is 961. The average Bonchev–Trinajstić information content (AvgIpc) is 2.73. The van der Waals surface area contributed by atoms with E-state index in [1.165, 1.54) is 25.4 Å². The molecule has 144 valence electrons. The maximum Gasteiger partial charge on any atom is 0.257 e. The molecule has 0 bridgehead atoms. The number of rotatable bonds is 7. The predicted octanol–water partition coefficient (Wildman–Crippen LogP) is 4.10. The Balaban J connectivity index is 1.69. The lowest BCUT2D eigenvalue weighted by molar-refractivity contribution is 0.102. The summed E-state index contributed by atoms with van der Waals surface area (Å²) in [4.78, 5) is 16.7. The minimum atomic E-state index is -0.318. The fourth-order valence-electron chi connectivity index (χ4n) is 2.56. The Morgan fingerprint density at radius 1 is 1.04 bits per heavy atom. The molecular weight excluding hydrogens is 361 g/mol. The Morgan fingerprint density at radius 3 is 2.54 bits per heavy atom. The van der Waals surface area contributed by atoms with E-state index >= 15 is 0 Å². The maximum atomic E-state index is 13.0. The highest BCUT2D eigenvalue weighted by Gasteiger charge is 2.12. The number of hydrogen-bond acceptors (Lipinski definition) is 5. The van der Waals surface area contributed by atoms with Gasteiger partial charge in [0.1, 0.15) is 17.3 Å². The molecule has 0 spiro atoms. The second-order valence-corrected chi connectivity index (χ2v) is 5.96. The van der Waals surface area contributed by atoms with Crippen LogP contribution in [0.15, 0.2) is 60.9 Å². The summed E-state index contributed by atoms with van der Waals surface area (Å²) < 4.78 is 23.4. The van der Waals surface area contributed by atoms with E-state index in [9.17, 15) is 9.18 Å². The van der Waals surface area contributed by atoms with E-state index in [0.717, 1.165) is 5.56 Å². The molecule has 0 unspecified atom stereocenters. The molecule has 28 heavy (non-hydrogen) atoms. The summed E-state index contributed by atoms with van der Waals surface area (Å²) in [6.45, 7) is 0.485. The molecule has 1 heterocycles. The number of methoxy groups -OCH3 is 2. The third-order valence-electron chi connectivity index (χ3n) is 4.07. The number of anilines is 2. The predicted molar refractivity (Wildman–Crippen MR) is 105 cm³/mol. The summed E-state index contributed by atoms with van der Waals surface area (Å²) in [5.74, 6) is 0.522. The van der Waals surface area contributed by atoms with E-state index < -0.39 is 0 Å². The highest BCUT2D eigenvalue weighted by atomic mass is 19.1. The number of aromatic nitrogens is 1. The largest absolute Gasteiger partial charge is 0.497 e. The van der Waals surface area contributed by atoms with Crippen LogP contribution in [-0.2, 0) is 6.54 Å². The van der Waals surface area contributed by atoms with Crippen molar-refractivity contribution in [1.29, 1.82) is 0 Å². The first-order valence-corrected chi connectivity index (χ1v) is 8.56. The molecule has 3 rings (SSSR count). The Labute approximate surface area is 162 Å². The lowest BCUT2D eigenvalue weighted by Crippen LogP contribution is -2.13. The van der Waals surface area contributed by atoms with Crippen molar-refractivity contribution in [3.8, 4) is 11.5 Å². The van der Waals surface area contributed by atoms with Gasteiger partial charge in [0.15, 0.2) is 0 Å². The zero-order valence-electron chi connectivity index (χ0n) is 15.5. The van der Waals surface area contributed by atoms with Crippen molar-refractivity contribution in [2.45, 2.75) is 6.54 Å². The van der Waals surface area contributed by atoms with Crippen LogP contribution >= 0.6 is 0 Å². The number of nitrogens with zero attached hydrogens (tertiary/aromatic N) is 1. The molecule has 0 saturated carbocycles. The van der Waals surface area contributed by atoms with Crippen LogP contribution in [0, 0.1) is 5.82 Å². The molecule has 1 aromatic heterocycles. The Hall–Kier alpha value is -3.61. The second-order valence-electron chi connectivity index (χ2n) is 5.96. The van der Waals surface area contributed by atoms with E-state index in [2.05, 4.69) is 15.6 Å². The van der Waals surface area contributed by atoms with Crippen LogP contribution in [0.1, 0.15) is 15.9 Å². The summed E-state index contributed by atoms with van der Waals surface area (Å²) in [5, 5.41) is 5.98. The monoisotopic (exact) mass is 381 g/mol. The molecule has 2 N–H and O–H groups in total. The smallest absolute Gasteiger partial charge is 0.257 e. The maximum absolute atomic E-state index is 13.0. The average molecular weight is 381 g/mol. The van der Waals surface area contributed by atoms with Crippen LogP contribution in [0.5, 0.6) is 11.5 Å². The third kappa shape index (κ3) is 4.76. The minimum absolute atomic E-state index is 0.280. The molecule has 0 aliphatic heterocycles. The number of halogens is 1. The number of benzene rings is 2. The first-order valence-electron chi connectivity index (χ1n) is 8.56. The minimum Gasteiger partial charge on any atom is -0.497 e. The van der Waals surface area contributed by atoms with Gasteiger partial charge in [-0.3, -0.25) is 9.78 Å². The lowest BCUT2D eigenvalue weighted by atomic mass is 10.2. The van der Waals surface area contributed by atoms with Crippen LogP contribution in [0.25, 0.3) is 0 Å². The van der Waals surface area contributed by atoms with E-state index in [1.54, 1.807) is 49.7 Å². The van der Waals surface area contributed by atoms with Crippen LogP contribution in [0.3, 0.4) is 0 Å². The number of hydrogen-bond donors (Lipinski definition) is 2. The number of nitrogens with one attached hydrogen (secondary N) is 2. The number of amides is 1. The number of carbonyl (C=O) groups is 1. The Morgan fingerprint density at radius 2 is 1.82 bits per heavy atom. The highest BCUT2D eigenvalue weighted by molar-refractivity contribution is 6.05. The van der Waals surface area contributed by atoms with Crippen molar-refractivity contribution in [1.82, 2.24) is 4.98 Å². The molecule has 2 aromatic carbocycles. The van der Waals surface area contributed by atoms with Gasteiger partial charge in [0.05, 0.1) is 31.2 Å². The molecular formula is C21H20FN3O3. The van der Waals surface area contributed by atoms with Crippen molar-refractivity contribution < 1.29 is 18.7 Å². The van der Waals surface area contributed by atoms with Crippen molar-refractivity contribution in [3.05, 3.63) is 77.9 Å². The summed E-state index contributed by atoms with van der Waals surface area (Å²) in [7, 11) is 3.08. The molecule has 0 aliphatic rings. The van der Waals surface area contributed by atoms with E-state index in [-0.39, 0.29) is 11.7 Å². The zero-order valence-corrected chi connectivity index (χ0v) is 15.5.